The fraction of sp³-hybridized carbons (Fsp3) is 0.172. The normalized spacial score (nSPS) is 14.6. The second-order valence-electron chi connectivity index (χ2n) is 8.10. The van der Waals surface area contributed by atoms with Crippen molar-refractivity contribution in [1.29, 1.82) is 5.26 Å². The largest absolute Gasteiger partial charge is 0.497 e. The van der Waals surface area contributed by atoms with Gasteiger partial charge in [0.15, 0.2) is 13.2 Å². The number of methoxy groups -OCH3 is 1. The van der Waals surface area contributed by atoms with Crippen LogP contribution in [0.3, 0.4) is 0 Å². The van der Waals surface area contributed by atoms with Gasteiger partial charge in [-0.05, 0) is 47.0 Å². The predicted octanol–water partition coefficient (Wildman–Crippen LogP) is 4.53. The number of rotatable bonds is 9. The highest BCUT2D eigenvalue weighted by Gasteiger charge is 2.33. The fourth-order valence-electron chi connectivity index (χ4n) is 3.83. The maximum Gasteiger partial charge on any atom is 0.331 e. The topological polar surface area (TPSA) is 101 Å². The standard InChI is InChI=1S/C29H25N3O5/c1-35-24-14-10-23(11-15-24)27-19-26(22-5-3-2-4-6-22)31-32(27)28(33)20-37-29(34)16-9-21-7-12-25(13-8-21)36-18-17-30/h2-16,27H,18-20H2,1H3/b16-9+. The van der Waals surface area contributed by atoms with Crippen LogP contribution >= 0.6 is 0 Å². The van der Waals surface area contributed by atoms with Crippen molar-refractivity contribution < 1.29 is 23.8 Å². The van der Waals surface area contributed by atoms with Crippen molar-refractivity contribution in [3.8, 4) is 17.6 Å². The van der Waals surface area contributed by atoms with Crippen LogP contribution in [0.15, 0.2) is 90.0 Å². The molecule has 0 aromatic heterocycles. The van der Waals surface area contributed by atoms with Gasteiger partial charge in [-0.25, -0.2) is 9.80 Å². The molecule has 3 aromatic rings. The van der Waals surface area contributed by atoms with E-state index in [1.54, 1.807) is 37.5 Å². The molecule has 1 unspecified atom stereocenters. The molecule has 0 N–H and O–H groups in total. The predicted molar refractivity (Wildman–Crippen MR) is 138 cm³/mol. The van der Waals surface area contributed by atoms with Crippen molar-refractivity contribution >= 4 is 23.7 Å². The summed E-state index contributed by atoms with van der Waals surface area (Å²) in [6.07, 6.45) is 3.36. The smallest absolute Gasteiger partial charge is 0.331 e. The van der Waals surface area contributed by atoms with E-state index in [-0.39, 0.29) is 12.6 Å². The number of esters is 1. The minimum absolute atomic E-state index is 0.0389. The summed E-state index contributed by atoms with van der Waals surface area (Å²) < 4.78 is 15.7. The maximum absolute atomic E-state index is 13.1. The molecule has 0 spiro atoms. The summed E-state index contributed by atoms with van der Waals surface area (Å²) >= 11 is 0. The number of hydrazone groups is 1. The molecule has 0 radical (unpaired) electrons. The van der Waals surface area contributed by atoms with Crippen LogP contribution in [0.25, 0.3) is 6.08 Å². The van der Waals surface area contributed by atoms with Gasteiger partial charge in [0, 0.05) is 12.5 Å². The van der Waals surface area contributed by atoms with Crippen molar-refractivity contribution in [3.63, 3.8) is 0 Å². The van der Waals surface area contributed by atoms with Gasteiger partial charge in [0.25, 0.3) is 5.91 Å². The summed E-state index contributed by atoms with van der Waals surface area (Å²) in [7, 11) is 1.60. The summed E-state index contributed by atoms with van der Waals surface area (Å²) in [6.45, 7) is -0.481. The zero-order valence-corrected chi connectivity index (χ0v) is 20.2. The lowest BCUT2D eigenvalue weighted by Gasteiger charge is -2.22. The molecule has 0 aliphatic carbocycles. The van der Waals surface area contributed by atoms with Crippen LogP contribution in [0.4, 0.5) is 0 Å². The summed E-state index contributed by atoms with van der Waals surface area (Å²) in [6, 6.07) is 25.6. The monoisotopic (exact) mass is 495 g/mol. The van der Waals surface area contributed by atoms with Crippen molar-refractivity contribution in [2.24, 2.45) is 5.10 Å². The van der Waals surface area contributed by atoms with E-state index in [2.05, 4.69) is 5.10 Å². The second-order valence-corrected chi connectivity index (χ2v) is 8.10. The number of amides is 1. The Balaban J connectivity index is 1.41. The Bertz CT molecular complexity index is 1330. The van der Waals surface area contributed by atoms with E-state index in [0.717, 1.165) is 22.4 Å². The second kappa shape index (κ2) is 12.2. The van der Waals surface area contributed by atoms with Gasteiger partial charge in [0.05, 0.1) is 18.9 Å². The number of carbonyl (C=O) groups excluding carboxylic acids is 2. The van der Waals surface area contributed by atoms with Crippen LogP contribution in [0.1, 0.15) is 29.2 Å². The van der Waals surface area contributed by atoms with Crippen LogP contribution in [-0.4, -0.2) is 42.9 Å². The van der Waals surface area contributed by atoms with Crippen LogP contribution in [0, 0.1) is 11.3 Å². The van der Waals surface area contributed by atoms with Crippen LogP contribution < -0.4 is 9.47 Å². The molecule has 0 bridgehead atoms. The molecule has 0 saturated carbocycles. The number of ether oxygens (including phenoxy) is 3. The highest BCUT2D eigenvalue weighted by molar-refractivity contribution is 6.03. The van der Waals surface area contributed by atoms with Crippen LogP contribution in [0.2, 0.25) is 0 Å². The fourth-order valence-corrected chi connectivity index (χ4v) is 3.83. The Labute approximate surface area is 215 Å². The summed E-state index contributed by atoms with van der Waals surface area (Å²) in [5, 5.41) is 14.5. The Morgan fingerprint density at radius 1 is 1.03 bits per heavy atom. The van der Waals surface area contributed by atoms with Crippen molar-refractivity contribution in [3.05, 3.63) is 102 Å². The van der Waals surface area contributed by atoms with Crippen molar-refractivity contribution in [2.45, 2.75) is 12.5 Å². The molecule has 186 valence electrons. The molecular formula is C29H25N3O5. The van der Waals surface area contributed by atoms with Crippen LogP contribution in [0.5, 0.6) is 11.5 Å². The first kappa shape index (κ1) is 25.2. The summed E-state index contributed by atoms with van der Waals surface area (Å²) in [4.78, 5) is 25.3. The number of nitriles is 1. The van der Waals surface area contributed by atoms with Crippen LogP contribution in [-0.2, 0) is 14.3 Å². The molecule has 0 fully saturated rings. The zero-order valence-electron chi connectivity index (χ0n) is 20.2. The number of carbonyl (C=O) groups is 2. The molecule has 4 rings (SSSR count). The molecule has 0 saturated heterocycles. The van der Waals surface area contributed by atoms with Crippen molar-refractivity contribution in [1.82, 2.24) is 5.01 Å². The molecule has 8 heteroatoms. The molecule has 1 atom stereocenters. The highest BCUT2D eigenvalue weighted by atomic mass is 16.5. The molecule has 1 aliphatic rings. The Morgan fingerprint density at radius 3 is 2.41 bits per heavy atom. The Kier molecular flexibility index (Phi) is 8.29. The van der Waals surface area contributed by atoms with Gasteiger partial charge < -0.3 is 14.2 Å². The van der Waals surface area contributed by atoms with E-state index in [0.29, 0.717) is 17.9 Å². The summed E-state index contributed by atoms with van der Waals surface area (Å²) in [5.74, 6) is 0.200. The zero-order chi connectivity index (χ0) is 26.0. The lowest BCUT2D eigenvalue weighted by molar-refractivity contribution is -0.149. The number of nitrogens with zero attached hydrogens (tertiary/aromatic N) is 3. The molecular weight excluding hydrogens is 470 g/mol. The van der Waals surface area contributed by atoms with E-state index in [1.165, 1.54) is 11.1 Å². The average molecular weight is 496 g/mol. The number of hydrogen-bond acceptors (Lipinski definition) is 7. The quantitative estimate of drug-likeness (QED) is 0.319. The third-order valence-electron chi connectivity index (χ3n) is 5.71. The van der Waals surface area contributed by atoms with Gasteiger partial charge in [-0.1, -0.05) is 54.6 Å². The first-order chi connectivity index (χ1) is 18.1. The van der Waals surface area contributed by atoms with E-state index < -0.39 is 18.5 Å². The molecule has 1 aliphatic heterocycles. The van der Waals surface area contributed by atoms with Gasteiger partial charge >= 0.3 is 5.97 Å². The van der Waals surface area contributed by atoms with Gasteiger partial charge in [0.2, 0.25) is 0 Å². The Morgan fingerprint density at radius 2 is 1.73 bits per heavy atom. The minimum atomic E-state index is -0.648. The molecule has 8 nitrogen and oxygen atoms in total. The third-order valence-corrected chi connectivity index (χ3v) is 5.71. The van der Waals surface area contributed by atoms with E-state index in [9.17, 15) is 9.59 Å². The molecule has 3 aromatic carbocycles. The van der Waals surface area contributed by atoms with Gasteiger partial charge in [-0.15, -0.1) is 0 Å². The first-order valence-corrected chi connectivity index (χ1v) is 11.6. The molecule has 1 amide bonds. The SMILES string of the molecule is COc1ccc(C2CC(c3ccccc3)=NN2C(=O)COC(=O)/C=C/c2ccc(OCC#N)cc2)cc1. The van der Waals surface area contributed by atoms with Gasteiger partial charge in [-0.3, -0.25) is 4.79 Å². The minimum Gasteiger partial charge on any atom is -0.497 e. The molecule has 37 heavy (non-hydrogen) atoms. The number of hydrogen-bond donors (Lipinski definition) is 0. The number of benzene rings is 3. The maximum atomic E-state index is 13.1. The van der Waals surface area contributed by atoms with Crippen molar-refractivity contribution in [2.75, 3.05) is 20.3 Å². The summed E-state index contributed by atoms with van der Waals surface area (Å²) in [5.41, 5.74) is 3.35. The third kappa shape index (κ3) is 6.61. The Hall–Kier alpha value is -4.90. The highest BCUT2D eigenvalue weighted by Crippen LogP contribution is 2.33. The van der Waals surface area contributed by atoms with E-state index in [4.69, 9.17) is 19.5 Å². The lowest BCUT2D eigenvalue weighted by Crippen LogP contribution is -2.31. The van der Waals surface area contributed by atoms with E-state index in [1.807, 2.05) is 60.7 Å². The first-order valence-electron chi connectivity index (χ1n) is 11.6. The van der Waals surface area contributed by atoms with E-state index >= 15 is 0 Å². The average Bonchev–Trinajstić information content (AvgIpc) is 3.40. The molecule has 1 heterocycles. The van der Waals surface area contributed by atoms with Gasteiger partial charge in [-0.2, -0.15) is 10.4 Å². The lowest BCUT2D eigenvalue weighted by atomic mass is 9.98. The van der Waals surface area contributed by atoms with Gasteiger partial charge in [0.1, 0.15) is 17.6 Å².